The van der Waals surface area contributed by atoms with E-state index in [0.717, 1.165) is 18.4 Å². The number of rotatable bonds is 5. The lowest BCUT2D eigenvalue weighted by Crippen LogP contribution is -2.29. The number of nitrogens with one attached hydrogen (secondary N) is 1. The molecule has 1 N–H and O–H groups in total. The Bertz CT molecular complexity index is 365. The van der Waals surface area contributed by atoms with Gasteiger partial charge in [0, 0.05) is 6.54 Å². The lowest BCUT2D eigenvalue weighted by molar-refractivity contribution is 0.0957. The molecule has 1 aromatic heterocycles. The molecule has 1 rings (SSSR count). The van der Waals surface area contributed by atoms with Gasteiger partial charge in [0.15, 0.2) is 0 Å². The van der Waals surface area contributed by atoms with Crippen molar-refractivity contribution in [2.24, 2.45) is 0 Å². The second-order valence-corrected chi connectivity index (χ2v) is 5.53. The SMILES string of the molecule is CCCC(Cl)CNC(=O)c1scc(C)c1Cl. The summed E-state index contributed by atoms with van der Waals surface area (Å²) in [6.07, 6.45) is 1.92. The first kappa shape index (κ1) is 13.8. The lowest BCUT2D eigenvalue weighted by Gasteiger charge is -2.09. The van der Waals surface area contributed by atoms with Crippen LogP contribution in [0.15, 0.2) is 5.38 Å². The molecule has 16 heavy (non-hydrogen) atoms. The molecule has 0 saturated carbocycles. The van der Waals surface area contributed by atoms with E-state index < -0.39 is 0 Å². The molecule has 0 fully saturated rings. The number of hydrogen-bond acceptors (Lipinski definition) is 2. The molecule has 1 amide bonds. The first-order chi connectivity index (χ1) is 7.56. The van der Waals surface area contributed by atoms with E-state index in [0.29, 0.717) is 16.4 Å². The molecule has 0 spiro atoms. The highest BCUT2D eigenvalue weighted by molar-refractivity contribution is 7.13. The van der Waals surface area contributed by atoms with Crippen LogP contribution < -0.4 is 5.32 Å². The van der Waals surface area contributed by atoms with Gasteiger partial charge in [0.25, 0.3) is 5.91 Å². The normalized spacial score (nSPS) is 12.5. The van der Waals surface area contributed by atoms with Crippen molar-refractivity contribution in [1.29, 1.82) is 0 Å². The van der Waals surface area contributed by atoms with Gasteiger partial charge in [0.1, 0.15) is 4.88 Å². The van der Waals surface area contributed by atoms with Crippen LogP contribution in [0.2, 0.25) is 5.02 Å². The van der Waals surface area contributed by atoms with Gasteiger partial charge >= 0.3 is 0 Å². The number of halogens is 2. The van der Waals surface area contributed by atoms with Crippen molar-refractivity contribution < 1.29 is 4.79 Å². The molecule has 0 aliphatic rings. The third-order valence-corrected chi connectivity index (χ3v) is 4.26. The first-order valence-corrected chi connectivity index (χ1v) is 6.91. The molecule has 0 aliphatic carbocycles. The van der Waals surface area contributed by atoms with Crippen LogP contribution >= 0.6 is 34.5 Å². The van der Waals surface area contributed by atoms with E-state index in [2.05, 4.69) is 12.2 Å². The highest BCUT2D eigenvalue weighted by Gasteiger charge is 2.15. The van der Waals surface area contributed by atoms with Crippen molar-refractivity contribution in [3.63, 3.8) is 0 Å². The van der Waals surface area contributed by atoms with E-state index >= 15 is 0 Å². The van der Waals surface area contributed by atoms with Crippen molar-refractivity contribution in [2.75, 3.05) is 6.54 Å². The van der Waals surface area contributed by atoms with E-state index in [-0.39, 0.29) is 11.3 Å². The number of amides is 1. The fraction of sp³-hybridized carbons (Fsp3) is 0.545. The van der Waals surface area contributed by atoms with Crippen LogP contribution in [-0.2, 0) is 0 Å². The quantitative estimate of drug-likeness (QED) is 0.815. The summed E-state index contributed by atoms with van der Waals surface area (Å²) < 4.78 is 0. The van der Waals surface area contributed by atoms with Gasteiger partial charge in [-0.2, -0.15) is 0 Å². The predicted molar refractivity (Wildman–Crippen MR) is 70.9 cm³/mol. The predicted octanol–water partition coefficient (Wildman–Crippen LogP) is 3.85. The summed E-state index contributed by atoms with van der Waals surface area (Å²) in [4.78, 5) is 12.3. The first-order valence-electron chi connectivity index (χ1n) is 5.22. The van der Waals surface area contributed by atoms with Crippen molar-refractivity contribution in [3.05, 3.63) is 20.8 Å². The lowest BCUT2D eigenvalue weighted by atomic mass is 10.2. The number of thiophene rings is 1. The van der Waals surface area contributed by atoms with Crippen LogP contribution in [0.5, 0.6) is 0 Å². The van der Waals surface area contributed by atoms with E-state index in [4.69, 9.17) is 23.2 Å². The second-order valence-electron chi connectivity index (χ2n) is 3.66. The van der Waals surface area contributed by atoms with Crippen LogP contribution in [0.1, 0.15) is 35.0 Å². The Labute approximate surface area is 110 Å². The van der Waals surface area contributed by atoms with Gasteiger partial charge in [-0.25, -0.2) is 0 Å². The minimum atomic E-state index is -0.134. The molecular formula is C11H15Cl2NOS. The zero-order chi connectivity index (χ0) is 12.1. The summed E-state index contributed by atoms with van der Waals surface area (Å²) in [6.45, 7) is 4.44. The summed E-state index contributed by atoms with van der Waals surface area (Å²) in [5, 5.41) is 5.21. The molecule has 0 radical (unpaired) electrons. The van der Waals surface area contributed by atoms with E-state index in [1.165, 1.54) is 11.3 Å². The third-order valence-electron chi connectivity index (χ3n) is 2.19. The summed E-state index contributed by atoms with van der Waals surface area (Å²) in [7, 11) is 0. The van der Waals surface area contributed by atoms with E-state index in [1.807, 2.05) is 12.3 Å². The number of hydrogen-bond donors (Lipinski definition) is 1. The average molecular weight is 280 g/mol. The summed E-state index contributed by atoms with van der Waals surface area (Å²) in [5.41, 5.74) is 0.938. The molecule has 1 aromatic rings. The molecule has 0 aromatic carbocycles. The van der Waals surface area contributed by atoms with Gasteiger partial charge in [0.2, 0.25) is 0 Å². The van der Waals surface area contributed by atoms with Gasteiger partial charge < -0.3 is 5.32 Å². The van der Waals surface area contributed by atoms with Gasteiger partial charge in [-0.1, -0.05) is 24.9 Å². The van der Waals surface area contributed by atoms with Gasteiger partial charge in [-0.3, -0.25) is 4.79 Å². The Balaban J connectivity index is 2.50. The number of alkyl halides is 1. The van der Waals surface area contributed by atoms with E-state index in [1.54, 1.807) is 0 Å². The fourth-order valence-electron chi connectivity index (χ4n) is 1.28. The van der Waals surface area contributed by atoms with Crippen LogP contribution in [-0.4, -0.2) is 17.8 Å². The zero-order valence-electron chi connectivity index (χ0n) is 9.35. The van der Waals surface area contributed by atoms with Crippen molar-refractivity contribution >= 4 is 40.4 Å². The van der Waals surface area contributed by atoms with Crippen LogP contribution in [0.3, 0.4) is 0 Å². The van der Waals surface area contributed by atoms with Crippen molar-refractivity contribution in [2.45, 2.75) is 32.1 Å². The Morgan fingerprint density at radius 1 is 1.62 bits per heavy atom. The maximum Gasteiger partial charge on any atom is 0.262 e. The summed E-state index contributed by atoms with van der Waals surface area (Å²) in [6, 6.07) is 0. The molecule has 5 heteroatoms. The van der Waals surface area contributed by atoms with Crippen LogP contribution in [0.4, 0.5) is 0 Å². The highest BCUT2D eigenvalue weighted by Crippen LogP contribution is 2.26. The molecule has 90 valence electrons. The molecule has 0 aliphatic heterocycles. The van der Waals surface area contributed by atoms with Crippen LogP contribution in [0.25, 0.3) is 0 Å². The monoisotopic (exact) mass is 279 g/mol. The van der Waals surface area contributed by atoms with Crippen molar-refractivity contribution in [1.82, 2.24) is 5.32 Å². The Morgan fingerprint density at radius 2 is 2.31 bits per heavy atom. The minimum Gasteiger partial charge on any atom is -0.350 e. The standard InChI is InChI=1S/C11H15Cl2NOS/c1-3-4-8(12)5-14-11(15)10-9(13)7(2)6-16-10/h6,8H,3-5H2,1-2H3,(H,14,15). The smallest absolute Gasteiger partial charge is 0.262 e. The molecular weight excluding hydrogens is 265 g/mol. The van der Waals surface area contributed by atoms with Gasteiger partial charge in [-0.15, -0.1) is 22.9 Å². The number of aryl methyl sites for hydroxylation is 1. The van der Waals surface area contributed by atoms with Crippen molar-refractivity contribution in [3.8, 4) is 0 Å². The summed E-state index contributed by atoms with van der Waals surface area (Å²) >= 11 is 13.4. The molecule has 1 atom stereocenters. The van der Waals surface area contributed by atoms with Gasteiger partial charge in [0.05, 0.1) is 10.4 Å². The molecule has 1 unspecified atom stereocenters. The van der Waals surface area contributed by atoms with Gasteiger partial charge in [-0.05, 0) is 24.3 Å². The molecule has 0 saturated heterocycles. The topological polar surface area (TPSA) is 29.1 Å². The average Bonchev–Trinajstić information content (AvgIpc) is 2.57. The van der Waals surface area contributed by atoms with E-state index in [9.17, 15) is 4.79 Å². The maximum absolute atomic E-state index is 11.7. The number of carbonyl (C=O) groups excluding carboxylic acids is 1. The molecule has 1 heterocycles. The Hall–Kier alpha value is -0.250. The fourth-order valence-corrected chi connectivity index (χ4v) is 2.77. The highest BCUT2D eigenvalue weighted by atomic mass is 35.5. The molecule has 0 bridgehead atoms. The third kappa shape index (κ3) is 3.65. The zero-order valence-corrected chi connectivity index (χ0v) is 11.7. The minimum absolute atomic E-state index is 0.00575. The maximum atomic E-state index is 11.7. The Kier molecular flexibility index (Phi) is 5.59. The second kappa shape index (κ2) is 6.48. The summed E-state index contributed by atoms with van der Waals surface area (Å²) in [5.74, 6) is -0.134. The van der Waals surface area contributed by atoms with Crippen LogP contribution in [0, 0.1) is 6.92 Å². The number of carbonyl (C=O) groups is 1. The Morgan fingerprint density at radius 3 is 2.81 bits per heavy atom. The largest absolute Gasteiger partial charge is 0.350 e. The molecule has 2 nitrogen and oxygen atoms in total.